The Kier molecular flexibility index (Phi) is 4.68. The Hall–Kier alpha value is -3.42. The Balaban J connectivity index is 1.49. The number of carbonyl (C=O) groups excluding carboxylic acids is 1. The third-order valence-electron chi connectivity index (χ3n) is 4.80. The van der Waals surface area contributed by atoms with Gasteiger partial charge in [-0.3, -0.25) is 14.6 Å². The first-order valence-electron chi connectivity index (χ1n) is 8.95. The van der Waals surface area contributed by atoms with Crippen LogP contribution in [0.1, 0.15) is 35.0 Å². The monoisotopic (exact) mass is 379 g/mol. The molecule has 0 radical (unpaired) electrons. The molecule has 0 saturated heterocycles. The average molecular weight is 379 g/mol. The average Bonchev–Trinajstić information content (AvgIpc) is 3.07. The Bertz CT molecular complexity index is 1090. The summed E-state index contributed by atoms with van der Waals surface area (Å²) in [6.07, 6.45) is 8.29. The van der Waals surface area contributed by atoms with Crippen LogP contribution < -0.4 is 10.9 Å². The van der Waals surface area contributed by atoms with E-state index in [0.717, 1.165) is 10.2 Å². The van der Waals surface area contributed by atoms with Gasteiger partial charge in [-0.2, -0.15) is 9.78 Å². The number of aromatic nitrogens is 3. The van der Waals surface area contributed by atoms with Crippen LogP contribution in [0.25, 0.3) is 0 Å². The summed E-state index contributed by atoms with van der Waals surface area (Å²) in [7, 11) is 0. The van der Waals surface area contributed by atoms with E-state index in [-0.39, 0.29) is 36.0 Å². The molecule has 7 nitrogen and oxygen atoms in total. The van der Waals surface area contributed by atoms with Crippen molar-refractivity contribution in [3.8, 4) is 0 Å². The van der Waals surface area contributed by atoms with Gasteiger partial charge in [0.15, 0.2) is 0 Å². The van der Waals surface area contributed by atoms with E-state index in [1.807, 2.05) is 12.1 Å². The summed E-state index contributed by atoms with van der Waals surface area (Å²) in [6, 6.07) is 3.64. The van der Waals surface area contributed by atoms with Crippen LogP contribution in [-0.4, -0.2) is 26.3 Å². The lowest BCUT2D eigenvalue weighted by Gasteiger charge is -2.13. The number of allylic oxidation sites excluding steroid dienone is 4. The molecule has 1 N–H and O–H groups in total. The third-order valence-corrected chi connectivity index (χ3v) is 4.80. The number of fused-ring (bicyclic) bond motifs is 3. The summed E-state index contributed by atoms with van der Waals surface area (Å²) in [5.41, 5.74) is 1.96. The second-order valence-electron chi connectivity index (χ2n) is 6.65. The number of hydrogen-bond donors (Lipinski definition) is 1. The van der Waals surface area contributed by atoms with Crippen molar-refractivity contribution >= 4 is 11.6 Å². The van der Waals surface area contributed by atoms with Crippen molar-refractivity contribution in [3.63, 3.8) is 0 Å². The second-order valence-corrected chi connectivity index (χ2v) is 6.65. The fraction of sp³-hybridized carbons (Fsp3) is 0.250. The molecule has 2 aromatic heterocycles. The van der Waals surface area contributed by atoms with Gasteiger partial charge < -0.3 is 5.32 Å². The molecule has 1 aliphatic carbocycles. The van der Waals surface area contributed by atoms with Crippen LogP contribution in [0.5, 0.6) is 0 Å². The van der Waals surface area contributed by atoms with Crippen molar-refractivity contribution in [3.05, 3.63) is 81.6 Å². The molecule has 2 aliphatic rings. The number of carbonyl (C=O) groups is 1. The van der Waals surface area contributed by atoms with E-state index in [9.17, 15) is 14.0 Å². The highest BCUT2D eigenvalue weighted by molar-refractivity contribution is 6.04. The van der Waals surface area contributed by atoms with Crippen molar-refractivity contribution in [1.29, 1.82) is 0 Å². The molecule has 2 aromatic rings. The lowest BCUT2D eigenvalue weighted by atomic mass is 9.97. The van der Waals surface area contributed by atoms with Crippen molar-refractivity contribution < 1.29 is 9.18 Å². The molecular weight excluding hydrogens is 361 g/mol. The molecular formula is C20H18FN5O2. The number of hydrogen-bond acceptors (Lipinski definition) is 5. The molecule has 3 heterocycles. The van der Waals surface area contributed by atoms with Crippen LogP contribution in [-0.2, 0) is 17.8 Å². The highest BCUT2D eigenvalue weighted by Crippen LogP contribution is 2.33. The summed E-state index contributed by atoms with van der Waals surface area (Å²) >= 11 is 0. The number of pyridine rings is 1. The Morgan fingerprint density at radius 1 is 1.32 bits per heavy atom. The van der Waals surface area contributed by atoms with E-state index in [1.165, 1.54) is 6.08 Å². The number of aryl methyl sites for hydroxylation is 1. The predicted molar refractivity (Wildman–Crippen MR) is 102 cm³/mol. The zero-order valence-corrected chi connectivity index (χ0v) is 15.2. The van der Waals surface area contributed by atoms with Crippen molar-refractivity contribution in [2.45, 2.75) is 32.2 Å². The van der Waals surface area contributed by atoms with Gasteiger partial charge in [0, 0.05) is 36.6 Å². The van der Waals surface area contributed by atoms with Gasteiger partial charge in [-0.15, -0.1) is 0 Å². The van der Waals surface area contributed by atoms with Gasteiger partial charge in [-0.1, -0.05) is 6.08 Å². The van der Waals surface area contributed by atoms with Crippen molar-refractivity contribution in [2.75, 3.05) is 0 Å². The minimum Gasteiger partial charge on any atom is -0.352 e. The summed E-state index contributed by atoms with van der Waals surface area (Å²) in [5.74, 6) is -1.00. The fourth-order valence-corrected chi connectivity index (χ4v) is 3.31. The van der Waals surface area contributed by atoms with Crippen LogP contribution in [0.3, 0.4) is 0 Å². The van der Waals surface area contributed by atoms with Crippen molar-refractivity contribution in [2.24, 2.45) is 5.10 Å². The minimum atomic E-state index is -0.728. The van der Waals surface area contributed by atoms with E-state index < -0.39 is 5.92 Å². The molecule has 4 rings (SSSR count). The topological polar surface area (TPSA) is 89.2 Å². The van der Waals surface area contributed by atoms with Crippen LogP contribution in [0.2, 0.25) is 0 Å². The standard InChI is InChI=1S/C20H18FN5O2/c1-12-14(5-6-17(27)23-11-13-7-9-22-10-8-13)20(28)26-19(24-12)18-15(21)3-2-4-16(18)25-26/h2-4,7-10,18H,5-6,11H2,1H3,(H,23,27). The Morgan fingerprint density at radius 2 is 2.11 bits per heavy atom. The molecule has 28 heavy (non-hydrogen) atoms. The minimum absolute atomic E-state index is 0.149. The SMILES string of the molecule is Cc1nc2n(c(=O)c1CCC(=O)NCc1ccncc1)N=C1C=CC=C(F)C12. The quantitative estimate of drug-likeness (QED) is 0.860. The number of amides is 1. The first-order chi connectivity index (χ1) is 13.5. The van der Waals surface area contributed by atoms with Gasteiger partial charge in [0.2, 0.25) is 5.91 Å². The lowest BCUT2D eigenvalue weighted by molar-refractivity contribution is -0.121. The molecule has 0 bridgehead atoms. The molecule has 8 heteroatoms. The van der Waals surface area contributed by atoms with Gasteiger partial charge in [0.05, 0.1) is 5.71 Å². The maximum atomic E-state index is 14.2. The van der Waals surface area contributed by atoms with E-state index >= 15 is 0 Å². The van der Waals surface area contributed by atoms with Crippen LogP contribution in [0.4, 0.5) is 4.39 Å². The number of nitrogens with one attached hydrogen (secondary N) is 1. The Morgan fingerprint density at radius 3 is 2.89 bits per heavy atom. The first kappa shape index (κ1) is 18.0. The van der Waals surface area contributed by atoms with Crippen LogP contribution >= 0.6 is 0 Å². The molecule has 1 aliphatic heterocycles. The Labute approximate surface area is 160 Å². The number of halogens is 1. The molecule has 1 atom stereocenters. The zero-order valence-electron chi connectivity index (χ0n) is 15.2. The third kappa shape index (κ3) is 3.28. The van der Waals surface area contributed by atoms with E-state index in [0.29, 0.717) is 23.5 Å². The molecule has 0 fully saturated rings. The van der Waals surface area contributed by atoms with Gasteiger partial charge in [0.25, 0.3) is 5.56 Å². The lowest BCUT2D eigenvalue weighted by Crippen LogP contribution is -2.28. The summed E-state index contributed by atoms with van der Waals surface area (Å²) in [6.45, 7) is 2.10. The number of rotatable bonds is 5. The number of nitrogens with zero attached hydrogens (tertiary/aromatic N) is 4. The van der Waals surface area contributed by atoms with Gasteiger partial charge in [0.1, 0.15) is 17.6 Å². The second kappa shape index (κ2) is 7.30. The summed E-state index contributed by atoms with van der Waals surface area (Å²) < 4.78 is 15.3. The molecule has 0 spiro atoms. The van der Waals surface area contributed by atoms with Crippen LogP contribution in [0.15, 0.2) is 58.5 Å². The van der Waals surface area contributed by atoms with Gasteiger partial charge in [-0.05, 0) is 43.2 Å². The highest BCUT2D eigenvalue weighted by atomic mass is 19.1. The summed E-state index contributed by atoms with van der Waals surface area (Å²) in [5, 5.41) is 7.03. The maximum absolute atomic E-state index is 14.2. The smallest absolute Gasteiger partial charge is 0.277 e. The molecule has 0 saturated carbocycles. The maximum Gasteiger partial charge on any atom is 0.277 e. The van der Waals surface area contributed by atoms with Gasteiger partial charge >= 0.3 is 0 Å². The van der Waals surface area contributed by atoms with Crippen LogP contribution in [0, 0.1) is 6.92 Å². The molecule has 1 amide bonds. The van der Waals surface area contributed by atoms with Gasteiger partial charge in [-0.25, -0.2) is 9.37 Å². The predicted octanol–water partition coefficient (Wildman–Crippen LogP) is 1.92. The van der Waals surface area contributed by atoms with E-state index in [1.54, 1.807) is 31.5 Å². The molecule has 0 aromatic carbocycles. The molecule has 142 valence electrons. The fourth-order valence-electron chi connectivity index (χ4n) is 3.31. The normalized spacial score (nSPS) is 16.9. The summed E-state index contributed by atoms with van der Waals surface area (Å²) in [4.78, 5) is 33.3. The van der Waals surface area contributed by atoms with E-state index in [2.05, 4.69) is 20.4 Å². The highest BCUT2D eigenvalue weighted by Gasteiger charge is 2.34. The van der Waals surface area contributed by atoms with E-state index in [4.69, 9.17) is 0 Å². The van der Waals surface area contributed by atoms with Crippen molar-refractivity contribution in [1.82, 2.24) is 20.0 Å². The zero-order chi connectivity index (χ0) is 19.7. The first-order valence-corrected chi connectivity index (χ1v) is 8.95. The molecule has 1 unspecified atom stereocenters. The largest absolute Gasteiger partial charge is 0.352 e.